The molecule has 1 aromatic carbocycles. The van der Waals surface area contributed by atoms with Gasteiger partial charge in [0.05, 0.1) is 5.56 Å². The average molecular weight is 263 g/mol. The number of carbonyl (C=O) groups is 1. The molecule has 0 aromatic heterocycles. The van der Waals surface area contributed by atoms with Gasteiger partial charge in [-0.15, -0.1) is 0 Å². The zero-order valence-corrected chi connectivity index (χ0v) is 11.7. The third-order valence-electron chi connectivity index (χ3n) is 2.81. The number of benzene rings is 1. The van der Waals surface area contributed by atoms with E-state index in [1.165, 1.54) is 0 Å². The van der Waals surface area contributed by atoms with E-state index in [1.54, 1.807) is 12.1 Å². The number of esters is 1. The van der Waals surface area contributed by atoms with Crippen LogP contribution in [0.15, 0.2) is 24.3 Å². The Balaban J connectivity index is 1.95. The van der Waals surface area contributed by atoms with Gasteiger partial charge in [-0.2, -0.15) is 0 Å². The van der Waals surface area contributed by atoms with Crippen molar-refractivity contribution in [2.45, 2.75) is 38.9 Å². The van der Waals surface area contributed by atoms with Crippen molar-refractivity contribution in [3.8, 4) is 5.75 Å². The molecular weight excluding hydrogens is 242 g/mol. The quantitative estimate of drug-likeness (QED) is 0.851. The van der Waals surface area contributed by atoms with E-state index < -0.39 is 5.60 Å². The molecule has 1 aromatic rings. The first-order chi connectivity index (χ1) is 8.94. The van der Waals surface area contributed by atoms with Crippen LogP contribution in [0.3, 0.4) is 0 Å². The monoisotopic (exact) mass is 263 g/mol. The molecule has 2 rings (SSSR count). The van der Waals surface area contributed by atoms with Gasteiger partial charge < -0.3 is 14.8 Å². The van der Waals surface area contributed by atoms with Crippen molar-refractivity contribution in [1.82, 2.24) is 5.32 Å². The first-order valence-electron chi connectivity index (χ1n) is 6.65. The van der Waals surface area contributed by atoms with Gasteiger partial charge in [0.25, 0.3) is 0 Å². The molecule has 0 radical (unpaired) electrons. The first-order valence-corrected chi connectivity index (χ1v) is 6.65. The first kappa shape index (κ1) is 13.9. The highest BCUT2D eigenvalue weighted by Gasteiger charge is 2.19. The Labute approximate surface area is 114 Å². The van der Waals surface area contributed by atoms with Gasteiger partial charge >= 0.3 is 5.97 Å². The molecule has 0 saturated carbocycles. The second-order valence-electron chi connectivity index (χ2n) is 5.76. The maximum atomic E-state index is 11.8. The lowest BCUT2D eigenvalue weighted by Crippen LogP contribution is -2.23. The summed E-state index contributed by atoms with van der Waals surface area (Å²) >= 11 is 0. The van der Waals surface area contributed by atoms with E-state index in [0.717, 1.165) is 25.3 Å². The molecule has 4 heteroatoms. The van der Waals surface area contributed by atoms with E-state index in [9.17, 15) is 4.79 Å². The van der Waals surface area contributed by atoms with Crippen molar-refractivity contribution in [3.05, 3.63) is 29.8 Å². The van der Waals surface area contributed by atoms with Gasteiger partial charge in [-0.05, 0) is 58.0 Å². The lowest BCUT2D eigenvalue weighted by atomic mass is 10.1. The molecule has 0 spiro atoms. The van der Waals surface area contributed by atoms with Crippen LogP contribution >= 0.6 is 0 Å². The Morgan fingerprint density at radius 3 is 2.47 bits per heavy atom. The molecule has 1 fully saturated rings. The normalized spacial score (nSPS) is 19.2. The number of rotatable bonds is 3. The molecule has 4 nitrogen and oxygen atoms in total. The molecule has 0 bridgehead atoms. The van der Waals surface area contributed by atoms with Crippen molar-refractivity contribution in [2.24, 2.45) is 0 Å². The van der Waals surface area contributed by atoms with Crippen LogP contribution in [0.5, 0.6) is 5.75 Å². The summed E-state index contributed by atoms with van der Waals surface area (Å²) in [5.74, 6) is 0.489. The van der Waals surface area contributed by atoms with Crippen LogP contribution in [0, 0.1) is 0 Å². The molecule has 0 amide bonds. The summed E-state index contributed by atoms with van der Waals surface area (Å²) in [6, 6.07) is 7.12. The van der Waals surface area contributed by atoms with Crippen molar-refractivity contribution >= 4 is 5.97 Å². The summed E-state index contributed by atoms with van der Waals surface area (Å²) in [6.45, 7) is 7.45. The average Bonchev–Trinajstić information content (AvgIpc) is 2.80. The summed E-state index contributed by atoms with van der Waals surface area (Å²) in [4.78, 5) is 11.8. The minimum Gasteiger partial charge on any atom is -0.489 e. The van der Waals surface area contributed by atoms with Crippen molar-refractivity contribution < 1.29 is 14.3 Å². The highest BCUT2D eigenvalue weighted by Crippen LogP contribution is 2.18. The summed E-state index contributed by atoms with van der Waals surface area (Å²) in [5, 5.41) is 3.25. The Kier molecular flexibility index (Phi) is 4.10. The Hall–Kier alpha value is -1.55. The molecule has 1 N–H and O–H groups in total. The van der Waals surface area contributed by atoms with Crippen LogP contribution in [0.4, 0.5) is 0 Å². The fourth-order valence-electron chi connectivity index (χ4n) is 1.93. The SMILES string of the molecule is CC(C)(C)OC(=O)c1ccc(OC2CCNC2)cc1. The predicted octanol–water partition coefficient (Wildman–Crippen LogP) is 2.38. The molecule has 1 unspecified atom stereocenters. The second kappa shape index (κ2) is 5.61. The van der Waals surface area contributed by atoms with E-state index in [2.05, 4.69) is 5.32 Å². The maximum Gasteiger partial charge on any atom is 0.338 e. The zero-order chi connectivity index (χ0) is 13.9. The minimum absolute atomic E-state index is 0.229. The van der Waals surface area contributed by atoms with E-state index >= 15 is 0 Å². The number of hydrogen-bond donors (Lipinski definition) is 1. The van der Waals surface area contributed by atoms with E-state index in [0.29, 0.717) is 5.56 Å². The van der Waals surface area contributed by atoms with Crippen LogP contribution in [-0.4, -0.2) is 30.8 Å². The van der Waals surface area contributed by atoms with Gasteiger partial charge in [-0.1, -0.05) is 0 Å². The fourth-order valence-corrected chi connectivity index (χ4v) is 1.93. The van der Waals surface area contributed by atoms with Crippen molar-refractivity contribution in [1.29, 1.82) is 0 Å². The highest BCUT2D eigenvalue weighted by molar-refractivity contribution is 5.89. The lowest BCUT2D eigenvalue weighted by Gasteiger charge is -2.19. The van der Waals surface area contributed by atoms with Crippen LogP contribution in [0.2, 0.25) is 0 Å². The van der Waals surface area contributed by atoms with Crippen LogP contribution < -0.4 is 10.1 Å². The summed E-state index contributed by atoms with van der Waals surface area (Å²) < 4.78 is 11.1. The smallest absolute Gasteiger partial charge is 0.338 e. The third kappa shape index (κ3) is 4.24. The van der Waals surface area contributed by atoms with E-state index in [4.69, 9.17) is 9.47 Å². The van der Waals surface area contributed by atoms with E-state index in [-0.39, 0.29) is 12.1 Å². The Morgan fingerprint density at radius 1 is 1.26 bits per heavy atom. The zero-order valence-electron chi connectivity index (χ0n) is 11.7. The molecular formula is C15H21NO3. The summed E-state index contributed by atoms with van der Waals surface area (Å²) in [6.07, 6.45) is 1.25. The molecule has 0 aliphatic carbocycles. The van der Waals surface area contributed by atoms with Gasteiger partial charge in [0.2, 0.25) is 0 Å². The number of ether oxygens (including phenoxy) is 2. The largest absolute Gasteiger partial charge is 0.489 e. The standard InChI is InChI=1S/C15H21NO3/c1-15(2,3)19-14(17)11-4-6-12(7-5-11)18-13-8-9-16-10-13/h4-7,13,16H,8-10H2,1-3H3. The number of hydrogen-bond acceptors (Lipinski definition) is 4. The van der Waals surface area contributed by atoms with Gasteiger partial charge in [-0.3, -0.25) is 0 Å². The van der Waals surface area contributed by atoms with Crippen molar-refractivity contribution in [3.63, 3.8) is 0 Å². The van der Waals surface area contributed by atoms with Gasteiger partial charge in [0, 0.05) is 6.54 Å². The van der Waals surface area contributed by atoms with Gasteiger partial charge in [0.1, 0.15) is 17.5 Å². The van der Waals surface area contributed by atoms with Crippen LogP contribution in [0.25, 0.3) is 0 Å². The summed E-state index contributed by atoms with van der Waals surface area (Å²) in [7, 11) is 0. The molecule has 1 aliphatic heterocycles. The highest BCUT2D eigenvalue weighted by atomic mass is 16.6. The molecule has 1 atom stereocenters. The Bertz CT molecular complexity index is 428. The summed E-state index contributed by atoms with van der Waals surface area (Å²) in [5.41, 5.74) is 0.0775. The van der Waals surface area contributed by atoms with Gasteiger partial charge in [0.15, 0.2) is 0 Å². The molecule has 1 aliphatic rings. The number of carbonyl (C=O) groups excluding carboxylic acids is 1. The minimum atomic E-state index is -0.470. The molecule has 104 valence electrons. The van der Waals surface area contributed by atoms with Gasteiger partial charge in [-0.25, -0.2) is 4.79 Å². The topological polar surface area (TPSA) is 47.6 Å². The predicted molar refractivity (Wildman–Crippen MR) is 73.5 cm³/mol. The fraction of sp³-hybridized carbons (Fsp3) is 0.533. The Morgan fingerprint density at radius 2 is 1.95 bits per heavy atom. The van der Waals surface area contributed by atoms with Crippen LogP contribution in [0.1, 0.15) is 37.6 Å². The number of nitrogens with one attached hydrogen (secondary N) is 1. The maximum absolute atomic E-state index is 11.8. The molecule has 19 heavy (non-hydrogen) atoms. The third-order valence-corrected chi connectivity index (χ3v) is 2.81. The molecule has 1 saturated heterocycles. The second-order valence-corrected chi connectivity index (χ2v) is 5.76. The molecule has 1 heterocycles. The lowest BCUT2D eigenvalue weighted by molar-refractivity contribution is 0.00695. The van der Waals surface area contributed by atoms with Crippen LogP contribution in [-0.2, 0) is 4.74 Å². The van der Waals surface area contributed by atoms with Crippen molar-refractivity contribution in [2.75, 3.05) is 13.1 Å². The van der Waals surface area contributed by atoms with E-state index in [1.807, 2.05) is 32.9 Å².